The van der Waals surface area contributed by atoms with Gasteiger partial charge in [0.1, 0.15) is 5.75 Å². The van der Waals surface area contributed by atoms with E-state index in [1.165, 1.54) is 21.7 Å². The van der Waals surface area contributed by atoms with E-state index in [0.29, 0.717) is 0 Å². The van der Waals surface area contributed by atoms with E-state index in [2.05, 4.69) is 65.2 Å². The number of pyridine rings is 1. The second-order valence-electron chi connectivity index (χ2n) is 7.52. The van der Waals surface area contributed by atoms with E-state index in [1.54, 1.807) is 7.11 Å². The average molecular weight is 391 g/mol. The van der Waals surface area contributed by atoms with Crippen LogP contribution in [0.2, 0.25) is 0 Å². The molecule has 0 amide bonds. The number of hydrogen-bond donors (Lipinski definition) is 2. The number of rotatable bonds is 8. The van der Waals surface area contributed by atoms with Crippen LogP contribution in [0.15, 0.2) is 36.5 Å². The maximum absolute atomic E-state index is 5.44. The molecule has 0 unspecified atom stereocenters. The highest BCUT2D eigenvalue weighted by molar-refractivity contribution is 6.15. The Morgan fingerprint density at radius 2 is 1.90 bits per heavy atom. The van der Waals surface area contributed by atoms with Crippen molar-refractivity contribution in [2.75, 3.05) is 38.6 Å². The van der Waals surface area contributed by atoms with E-state index in [-0.39, 0.29) is 0 Å². The Bertz CT molecular complexity index is 1140. The van der Waals surface area contributed by atoms with E-state index < -0.39 is 0 Å². The predicted molar refractivity (Wildman–Crippen MR) is 123 cm³/mol. The summed E-state index contributed by atoms with van der Waals surface area (Å²) < 4.78 is 5.44. The van der Waals surface area contributed by atoms with Crippen LogP contribution in [-0.4, -0.2) is 48.2 Å². The molecule has 0 fully saturated rings. The monoisotopic (exact) mass is 390 g/mol. The molecule has 0 spiro atoms. The van der Waals surface area contributed by atoms with Crippen LogP contribution in [0.25, 0.3) is 32.7 Å². The fraction of sp³-hybridized carbons (Fsp3) is 0.375. The highest BCUT2D eigenvalue weighted by Crippen LogP contribution is 2.36. The molecular formula is C24H30N4O. The van der Waals surface area contributed by atoms with Gasteiger partial charge in [-0.3, -0.25) is 4.98 Å². The zero-order valence-corrected chi connectivity index (χ0v) is 17.8. The van der Waals surface area contributed by atoms with Gasteiger partial charge in [-0.25, -0.2) is 0 Å². The smallest absolute Gasteiger partial charge is 0.119 e. The first-order chi connectivity index (χ1) is 14.2. The number of methoxy groups -OCH3 is 1. The van der Waals surface area contributed by atoms with Gasteiger partial charge in [0, 0.05) is 40.1 Å². The molecule has 5 heteroatoms. The summed E-state index contributed by atoms with van der Waals surface area (Å²) in [6.07, 6.45) is 3.02. The molecule has 2 aromatic heterocycles. The fourth-order valence-electron chi connectivity index (χ4n) is 4.17. The first kappa shape index (κ1) is 19.5. The highest BCUT2D eigenvalue weighted by atomic mass is 16.5. The molecule has 5 nitrogen and oxygen atoms in total. The number of hydrogen-bond acceptors (Lipinski definition) is 4. The van der Waals surface area contributed by atoms with Crippen molar-refractivity contribution in [1.82, 2.24) is 14.9 Å². The van der Waals surface area contributed by atoms with Crippen LogP contribution >= 0.6 is 0 Å². The third kappa shape index (κ3) is 3.62. The van der Waals surface area contributed by atoms with Crippen LogP contribution in [0.3, 0.4) is 0 Å². The number of nitrogens with one attached hydrogen (secondary N) is 2. The van der Waals surface area contributed by atoms with Crippen molar-refractivity contribution in [3.8, 4) is 5.75 Å². The van der Waals surface area contributed by atoms with Gasteiger partial charge >= 0.3 is 0 Å². The zero-order chi connectivity index (χ0) is 20.4. The SMILES string of the molecule is CCN(CC)CCCNc1ccnc2c(C)c3[nH]c4ccc(OC)cc4c3cc12. The van der Waals surface area contributed by atoms with Crippen LogP contribution < -0.4 is 10.1 Å². The van der Waals surface area contributed by atoms with Gasteiger partial charge in [-0.15, -0.1) is 0 Å². The van der Waals surface area contributed by atoms with Gasteiger partial charge in [0.25, 0.3) is 0 Å². The van der Waals surface area contributed by atoms with Gasteiger partial charge in [0.2, 0.25) is 0 Å². The van der Waals surface area contributed by atoms with E-state index in [9.17, 15) is 0 Å². The summed E-state index contributed by atoms with van der Waals surface area (Å²) >= 11 is 0. The first-order valence-corrected chi connectivity index (χ1v) is 10.5. The average Bonchev–Trinajstić information content (AvgIpc) is 3.12. The summed E-state index contributed by atoms with van der Waals surface area (Å²) in [5.74, 6) is 0.872. The molecule has 2 aromatic carbocycles. The van der Waals surface area contributed by atoms with Crippen molar-refractivity contribution in [1.29, 1.82) is 0 Å². The Morgan fingerprint density at radius 3 is 2.66 bits per heavy atom. The minimum absolute atomic E-state index is 0.872. The van der Waals surface area contributed by atoms with Crippen molar-refractivity contribution in [3.63, 3.8) is 0 Å². The molecule has 0 aliphatic heterocycles. The number of nitrogens with zero attached hydrogens (tertiary/aromatic N) is 2. The fourth-order valence-corrected chi connectivity index (χ4v) is 4.17. The third-order valence-electron chi connectivity index (χ3n) is 5.92. The number of aromatic amines is 1. The molecule has 152 valence electrons. The van der Waals surface area contributed by atoms with Crippen LogP contribution in [0, 0.1) is 6.92 Å². The molecule has 4 aromatic rings. The summed E-state index contributed by atoms with van der Waals surface area (Å²) in [6, 6.07) is 10.5. The second kappa shape index (κ2) is 8.29. The minimum atomic E-state index is 0.872. The topological polar surface area (TPSA) is 53.2 Å². The quantitative estimate of drug-likeness (QED) is 0.399. The largest absolute Gasteiger partial charge is 0.497 e. The molecule has 0 aliphatic carbocycles. The van der Waals surface area contributed by atoms with Crippen LogP contribution in [0.5, 0.6) is 5.75 Å². The first-order valence-electron chi connectivity index (χ1n) is 10.5. The molecule has 0 atom stereocenters. The lowest BCUT2D eigenvalue weighted by Gasteiger charge is -2.18. The normalized spacial score (nSPS) is 11.8. The van der Waals surface area contributed by atoms with Gasteiger partial charge < -0.3 is 19.9 Å². The van der Waals surface area contributed by atoms with E-state index >= 15 is 0 Å². The van der Waals surface area contributed by atoms with E-state index in [1.807, 2.05) is 12.3 Å². The predicted octanol–water partition coefficient (Wildman–Crippen LogP) is 5.33. The van der Waals surface area contributed by atoms with Crippen LogP contribution in [0.4, 0.5) is 5.69 Å². The van der Waals surface area contributed by atoms with Gasteiger partial charge in [-0.1, -0.05) is 13.8 Å². The Morgan fingerprint density at radius 1 is 1.07 bits per heavy atom. The third-order valence-corrected chi connectivity index (χ3v) is 5.92. The maximum atomic E-state index is 5.44. The molecule has 0 saturated carbocycles. The molecule has 0 radical (unpaired) electrons. The molecule has 0 bridgehead atoms. The van der Waals surface area contributed by atoms with Gasteiger partial charge in [-0.2, -0.15) is 0 Å². The Balaban J connectivity index is 1.72. The minimum Gasteiger partial charge on any atom is -0.497 e. The standard InChI is InChI=1S/C24H30N4O/c1-5-28(6-2)13-7-11-25-21-10-12-26-23-16(3)24-19(15-20(21)23)18-14-17(29-4)8-9-22(18)27-24/h8-10,12,14-15,27H,5-7,11,13H2,1-4H3,(H,25,26). The highest BCUT2D eigenvalue weighted by Gasteiger charge is 2.13. The van der Waals surface area contributed by atoms with Crippen molar-refractivity contribution in [2.45, 2.75) is 27.2 Å². The van der Waals surface area contributed by atoms with Crippen molar-refractivity contribution in [3.05, 3.63) is 42.1 Å². The van der Waals surface area contributed by atoms with E-state index in [4.69, 9.17) is 4.74 Å². The lowest BCUT2D eigenvalue weighted by molar-refractivity contribution is 0.303. The molecule has 2 heterocycles. The zero-order valence-electron chi connectivity index (χ0n) is 17.8. The van der Waals surface area contributed by atoms with Gasteiger partial charge in [0.05, 0.1) is 18.1 Å². The van der Waals surface area contributed by atoms with E-state index in [0.717, 1.165) is 60.6 Å². The number of anilines is 1. The number of benzene rings is 2. The Kier molecular flexibility index (Phi) is 5.58. The molecule has 29 heavy (non-hydrogen) atoms. The van der Waals surface area contributed by atoms with Crippen molar-refractivity contribution in [2.24, 2.45) is 0 Å². The summed E-state index contributed by atoms with van der Waals surface area (Å²) in [5, 5.41) is 7.21. The lowest BCUT2D eigenvalue weighted by Crippen LogP contribution is -2.25. The number of aryl methyl sites for hydroxylation is 1. The molecule has 0 aliphatic rings. The molecular weight excluding hydrogens is 360 g/mol. The second-order valence-corrected chi connectivity index (χ2v) is 7.52. The van der Waals surface area contributed by atoms with Gasteiger partial charge in [-0.05, 0) is 68.9 Å². The number of H-pyrrole nitrogens is 1. The van der Waals surface area contributed by atoms with Crippen LogP contribution in [-0.2, 0) is 0 Å². The summed E-state index contributed by atoms with van der Waals surface area (Å²) in [6.45, 7) is 10.9. The van der Waals surface area contributed by atoms with Crippen molar-refractivity contribution < 1.29 is 4.74 Å². The number of aromatic nitrogens is 2. The Hall–Kier alpha value is -2.79. The number of fused-ring (bicyclic) bond motifs is 4. The molecule has 0 saturated heterocycles. The maximum Gasteiger partial charge on any atom is 0.119 e. The number of ether oxygens (including phenoxy) is 1. The summed E-state index contributed by atoms with van der Waals surface area (Å²) in [5.41, 5.74) is 5.64. The van der Waals surface area contributed by atoms with Gasteiger partial charge in [0.15, 0.2) is 0 Å². The molecule has 4 rings (SSSR count). The lowest BCUT2D eigenvalue weighted by atomic mass is 10.0. The van der Waals surface area contributed by atoms with Crippen molar-refractivity contribution >= 4 is 38.4 Å². The van der Waals surface area contributed by atoms with Crippen LogP contribution in [0.1, 0.15) is 25.8 Å². The summed E-state index contributed by atoms with van der Waals surface area (Å²) in [4.78, 5) is 10.7. The summed E-state index contributed by atoms with van der Waals surface area (Å²) in [7, 11) is 1.71. The molecule has 2 N–H and O–H groups in total. The Labute approximate surface area is 172 Å².